The van der Waals surface area contributed by atoms with Crippen LogP contribution in [-0.4, -0.2) is 15.0 Å². The van der Waals surface area contributed by atoms with Gasteiger partial charge < -0.3 is 4.42 Å². The van der Waals surface area contributed by atoms with Crippen LogP contribution in [0.5, 0.6) is 0 Å². The van der Waals surface area contributed by atoms with Gasteiger partial charge in [-0.25, -0.2) is 15.0 Å². The fourth-order valence-electron chi connectivity index (χ4n) is 6.44. The van der Waals surface area contributed by atoms with Crippen LogP contribution < -0.4 is 0 Å². The van der Waals surface area contributed by atoms with Gasteiger partial charge in [-0.3, -0.25) is 0 Å². The Kier molecular flexibility index (Phi) is 6.43. The van der Waals surface area contributed by atoms with Crippen LogP contribution in [0.1, 0.15) is 0 Å². The highest BCUT2D eigenvalue weighted by Gasteiger charge is 2.21. The van der Waals surface area contributed by atoms with Crippen molar-refractivity contribution in [2.75, 3.05) is 0 Å². The molecule has 4 nitrogen and oxygen atoms in total. The summed E-state index contributed by atoms with van der Waals surface area (Å²) in [6.07, 6.45) is 0. The Hall–Kier alpha value is -6.39. The Morgan fingerprint density at radius 3 is 1.74 bits per heavy atom. The van der Waals surface area contributed by atoms with Crippen molar-refractivity contribution in [1.29, 1.82) is 0 Å². The highest BCUT2D eigenvalue weighted by molar-refractivity contribution is 6.22. The summed E-state index contributed by atoms with van der Waals surface area (Å²) in [6, 6.07) is 55.9. The highest BCUT2D eigenvalue weighted by atomic mass is 16.3. The van der Waals surface area contributed by atoms with E-state index in [0.717, 1.165) is 77.7 Å². The number of furan rings is 1. The Morgan fingerprint density at radius 1 is 0.404 bits per heavy atom. The molecule has 0 saturated carbocycles. The van der Waals surface area contributed by atoms with E-state index in [0.29, 0.717) is 5.82 Å². The molecule has 0 saturated heterocycles. The van der Waals surface area contributed by atoms with Crippen molar-refractivity contribution in [2.24, 2.45) is 0 Å². The number of benzene rings is 6. The van der Waals surface area contributed by atoms with Gasteiger partial charge in [-0.2, -0.15) is 0 Å². The SMILES string of the molecule is c1ccc(-c2ccc(-c3nc(-c4ccccc4)cc(-c4cccc5nc(-c6ccccc6)c6c7ccccc7oc6c45)n3)cc2)cc1. The number of pyridine rings is 1. The molecular weight excluding hydrogens is 574 g/mol. The zero-order chi connectivity index (χ0) is 31.2. The molecule has 0 bridgehead atoms. The smallest absolute Gasteiger partial charge is 0.160 e. The van der Waals surface area contributed by atoms with Gasteiger partial charge in [-0.15, -0.1) is 0 Å². The number of fused-ring (bicyclic) bond motifs is 5. The van der Waals surface area contributed by atoms with E-state index in [1.54, 1.807) is 0 Å². The van der Waals surface area contributed by atoms with E-state index >= 15 is 0 Å². The number of hydrogen-bond donors (Lipinski definition) is 0. The molecule has 0 atom stereocenters. The molecule has 0 fully saturated rings. The summed E-state index contributed by atoms with van der Waals surface area (Å²) in [5, 5.41) is 2.97. The molecule has 0 aliphatic carbocycles. The van der Waals surface area contributed by atoms with Crippen molar-refractivity contribution in [3.63, 3.8) is 0 Å². The van der Waals surface area contributed by atoms with Gasteiger partial charge in [0.05, 0.1) is 33.4 Å². The average Bonchev–Trinajstić information content (AvgIpc) is 3.55. The van der Waals surface area contributed by atoms with Crippen molar-refractivity contribution < 1.29 is 4.42 Å². The highest BCUT2D eigenvalue weighted by Crippen LogP contribution is 2.42. The van der Waals surface area contributed by atoms with Crippen LogP contribution in [0, 0.1) is 0 Å². The Bertz CT molecular complexity index is 2540. The predicted octanol–water partition coefficient (Wildman–Crippen LogP) is 11.3. The molecule has 0 amide bonds. The molecule has 0 radical (unpaired) electrons. The second-order valence-corrected chi connectivity index (χ2v) is 11.6. The van der Waals surface area contributed by atoms with E-state index in [4.69, 9.17) is 19.4 Å². The minimum absolute atomic E-state index is 0.660. The minimum atomic E-state index is 0.660. The lowest BCUT2D eigenvalue weighted by Crippen LogP contribution is -1.97. The first-order valence-electron chi connectivity index (χ1n) is 15.7. The summed E-state index contributed by atoms with van der Waals surface area (Å²) in [6.45, 7) is 0. The quantitative estimate of drug-likeness (QED) is 0.197. The molecular formula is C43H27N3O. The van der Waals surface area contributed by atoms with Gasteiger partial charge in [-0.05, 0) is 29.3 Å². The van der Waals surface area contributed by atoms with Crippen LogP contribution in [0.3, 0.4) is 0 Å². The Morgan fingerprint density at radius 2 is 1.00 bits per heavy atom. The fourth-order valence-corrected chi connectivity index (χ4v) is 6.44. The predicted molar refractivity (Wildman–Crippen MR) is 192 cm³/mol. The van der Waals surface area contributed by atoms with E-state index in [2.05, 4.69) is 97.1 Å². The minimum Gasteiger partial charge on any atom is -0.455 e. The van der Waals surface area contributed by atoms with Gasteiger partial charge in [0.25, 0.3) is 0 Å². The zero-order valence-electron chi connectivity index (χ0n) is 25.3. The molecule has 0 spiro atoms. The second kappa shape index (κ2) is 11.2. The molecule has 3 heterocycles. The molecule has 0 aliphatic rings. The van der Waals surface area contributed by atoms with E-state index in [-0.39, 0.29) is 0 Å². The molecule has 4 heteroatoms. The standard InChI is InChI=1S/C43H27N3O/c1-4-13-28(14-5-1)29-23-25-32(26-24-29)43-45-36(30-15-6-2-7-16-30)27-37(46-43)33-20-12-21-35-39(33)42-40(34-19-10-11-22-38(34)47-42)41(44-35)31-17-8-3-9-18-31/h1-27H. The number of aromatic nitrogens is 3. The third-order valence-electron chi connectivity index (χ3n) is 8.70. The van der Waals surface area contributed by atoms with Gasteiger partial charge in [0.2, 0.25) is 0 Å². The van der Waals surface area contributed by atoms with Gasteiger partial charge in [0, 0.05) is 27.6 Å². The van der Waals surface area contributed by atoms with Crippen molar-refractivity contribution in [3.05, 3.63) is 164 Å². The van der Waals surface area contributed by atoms with E-state index < -0.39 is 0 Å². The monoisotopic (exact) mass is 601 g/mol. The maximum atomic E-state index is 6.69. The fraction of sp³-hybridized carbons (Fsp3) is 0. The van der Waals surface area contributed by atoms with E-state index in [1.807, 2.05) is 66.7 Å². The van der Waals surface area contributed by atoms with Gasteiger partial charge in [0.15, 0.2) is 5.82 Å². The first-order chi connectivity index (χ1) is 23.3. The zero-order valence-corrected chi connectivity index (χ0v) is 25.3. The van der Waals surface area contributed by atoms with Gasteiger partial charge >= 0.3 is 0 Å². The number of para-hydroxylation sites is 1. The largest absolute Gasteiger partial charge is 0.455 e. The lowest BCUT2D eigenvalue weighted by Gasteiger charge is -2.13. The molecule has 0 aliphatic heterocycles. The lowest BCUT2D eigenvalue weighted by molar-refractivity contribution is 0.672. The summed E-state index contributed by atoms with van der Waals surface area (Å²) in [5.74, 6) is 0.660. The van der Waals surface area contributed by atoms with Crippen molar-refractivity contribution >= 4 is 32.8 Å². The maximum absolute atomic E-state index is 6.69. The lowest BCUT2D eigenvalue weighted by atomic mass is 9.98. The van der Waals surface area contributed by atoms with Gasteiger partial charge in [0.1, 0.15) is 11.2 Å². The summed E-state index contributed by atoms with van der Waals surface area (Å²) in [5.41, 5.74) is 11.3. The van der Waals surface area contributed by atoms with Crippen molar-refractivity contribution in [2.45, 2.75) is 0 Å². The number of rotatable bonds is 5. The van der Waals surface area contributed by atoms with Gasteiger partial charge in [-0.1, -0.05) is 146 Å². The first kappa shape index (κ1) is 27.0. The molecule has 47 heavy (non-hydrogen) atoms. The molecule has 9 rings (SSSR count). The summed E-state index contributed by atoms with van der Waals surface area (Å²) >= 11 is 0. The van der Waals surface area contributed by atoms with Crippen molar-refractivity contribution in [1.82, 2.24) is 15.0 Å². The molecule has 9 aromatic rings. The molecule has 0 unspecified atom stereocenters. The number of nitrogens with zero attached hydrogens (tertiary/aromatic N) is 3. The topological polar surface area (TPSA) is 51.8 Å². The number of hydrogen-bond acceptors (Lipinski definition) is 4. The summed E-state index contributed by atoms with van der Waals surface area (Å²) < 4.78 is 6.69. The second-order valence-electron chi connectivity index (χ2n) is 11.6. The first-order valence-corrected chi connectivity index (χ1v) is 15.7. The third kappa shape index (κ3) is 4.75. The van der Waals surface area contributed by atoms with E-state index in [9.17, 15) is 0 Å². The van der Waals surface area contributed by atoms with Crippen LogP contribution in [0.2, 0.25) is 0 Å². The van der Waals surface area contributed by atoms with E-state index in [1.165, 1.54) is 5.56 Å². The average molecular weight is 602 g/mol. The van der Waals surface area contributed by atoms with Crippen LogP contribution >= 0.6 is 0 Å². The summed E-state index contributed by atoms with van der Waals surface area (Å²) in [7, 11) is 0. The van der Waals surface area contributed by atoms with Crippen LogP contribution in [0.25, 0.3) is 89.1 Å². The van der Waals surface area contributed by atoms with Crippen molar-refractivity contribution in [3.8, 4) is 56.3 Å². The molecule has 220 valence electrons. The maximum Gasteiger partial charge on any atom is 0.160 e. The molecule has 3 aromatic heterocycles. The van der Waals surface area contributed by atoms with Crippen LogP contribution in [0.15, 0.2) is 168 Å². The summed E-state index contributed by atoms with van der Waals surface area (Å²) in [4.78, 5) is 15.6. The normalized spacial score (nSPS) is 11.4. The Balaban J connectivity index is 1.30. The molecule has 0 N–H and O–H groups in total. The van der Waals surface area contributed by atoms with Crippen LogP contribution in [0.4, 0.5) is 0 Å². The Labute approximate surface area is 271 Å². The third-order valence-corrected chi connectivity index (χ3v) is 8.70. The van der Waals surface area contributed by atoms with Crippen LogP contribution in [-0.2, 0) is 0 Å². The molecule has 6 aromatic carbocycles.